The van der Waals surface area contributed by atoms with Crippen LogP contribution >= 0.6 is 15.9 Å². The number of nitrogens with two attached hydrogens (primary N) is 1. The lowest BCUT2D eigenvalue weighted by atomic mass is 10.1. The molecule has 0 saturated carbocycles. The highest BCUT2D eigenvalue weighted by Crippen LogP contribution is 2.23. The molecule has 0 saturated heterocycles. The van der Waals surface area contributed by atoms with Crippen LogP contribution in [0.2, 0.25) is 0 Å². The van der Waals surface area contributed by atoms with Crippen LogP contribution in [0.25, 0.3) is 0 Å². The molecule has 0 atom stereocenters. The van der Waals surface area contributed by atoms with E-state index in [2.05, 4.69) is 28.2 Å². The Morgan fingerprint density at radius 3 is 2.38 bits per heavy atom. The molecule has 0 aliphatic rings. The Hall–Kier alpha value is -1.03. The maximum absolute atomic E-state index is 12.0. The second kappa shape index (κ2) is 10.7. The molecule has 118 valence electrons. The van der Waals surface area contributed by atoms with Crippen molar-refractivity contribution < 1.29 is 4.79 Å². The lowest BCUT2D eigenvalue weighted by Crippen LogP contribution is -2.24. The highest BCUT2D eigenvalue weighted by atomic mass is 79.9. The predicted octanol–water partition coefficient (Wildman–Crippen LogP) is 4.90. The van der Waals surface area contributed by atoms with Crippen LogP contribution in [0, 0.1) is 0 Å². The Balaban J connectivity index is 2.13. The first kappa shape index (κ1) is 18.0. The highest BCUT2D eigenvalue weighted by Gasteiger charge is 2.10. The normalized spacial score (nSPS) is 10.6. The van der Waals surface area contributed by atoms with E-state index in [-0.39, 0.29) is 5.91 Å². The number of anilines is 1. The second-order valence-electron chi connectivity index (χ2n) is 5.44. The second-order valence-corrected chi connectivity index (χ2v) is 6.23. The first-order valence-corrected chi connectivity index (χ1v) is 8.78. The van der Waals surface area contributed by atoms with Gasteiger partial charge in [-0.05, 0) is 34.5 Å². The quantitative estimate of drug-likeness (QED) is 0.463. The monoisotopic (exact) mass is 354 g/mol. The number of hydrogen-bond acceptors (Lipinski definition) is 2. The van der Waals surface area contributed by atoms with E-state index < -0.39 is 0 Å². The summed E-state index contributed by atoms with van der Waals surface area (Å²) >= 11 is 3.36. The molecule has 1 aromatic rings. The molecule has 0 aliphatic carbocycles. The Labute approximate surface area is 136 Å². The molecule has 0 bridgehead atoms. The molecule has 0 spiro atoms. The summed E-state index contributed by atoms with van der Waals surface area (Å²) in [4.78, 5) is 12.0. The first-order valence-electron chi connectivity index (χ1n) is 7.99. The van der Waals surface area contributed by atoms with Crippen LogP contribution in [0.3, 0.4) is 0 Å². The first-order chi connectivity index (χ1) is 10.2. The fourth-order valence-corrected chi connectivity index (χ4v) is 2.73. The van der Waals surface area contributed by atoms with E-state index in [4.69, 9.17) is 5.73 Å². The predicted molar refractivity (Wildman–Crippen MR) is 93.5 cm³/mol. The van der Waals surface area contributed by atoms with Crippen molar-refractivity contribution in [1.82, 2.24) is 5.32 Å². The topological polar surface area (TPSA) is 55.1 Å². The average Bonchev–Trinajstić information content (AvgIpc) is 2.48. The number of carbonyl (C=O) groups is 1. The summed E-state index contributed by atoms with van der Waals surface area (Å²) in [6.07, 6.45) is 10.2. The summed E-state index contributed by atoms with van der Waals surface area (Å²) in [6.45, 7) is 2.97. The molecule has 1 rings (SSSR count). The average molecular weight is 355 g/mol. The van der Waals surface area contributed by atoms with E-state index >= 15 is 0 Å². The van der Waals surface area contributed by atoms with Gasteiger partial charge in [-0.25, -0.2) is 0 Å². The van der Waals surface area contributed by atoms with Crippen LogP contribution in [0.4, 0.5) is 5.69 Å². The molecule has 4 heteroatoms. The van der Waals surface area contributed by atoms with Crippen LogP contribution in [-0.4, -0.2) is 12.5 Å². The molecule has 3 nitrogen and oxygen atoms in total. The molecule has 1 aromatic carbocycles. The summed E-state index contributed by atoms with van der Waals surface area (Å²) in [5, 5.41) is 2.95. The van der Waals surface area contributed by atoms with Crippen molar-refractivity contribution in [3.63, 3.8) is 0 Å². The lowest BCUT2D eigenvalue weighted by Gasteiger charge is -2.08. The smallest absolute Gasteiger partial charge is 0.252 e. The van der Waals surface area contributed by atoms with E-state index in [1.807, 2.05) is 0 Å². The number of rotatable bonds is 10. The molecule has 1 amide bonds. The fraction of sp³-hybridized carbons (Fsp3) is 0.588. The summed E-state index contributed by atoms with van der Waals surface area (Å²) in [5.41, 5.74) is 6.97. The number of amides is 1. The van der Waals surface area contributed by atoms with E-state index in [0.717, 1.165) is 13.0 Å². The van der Waals surface area contributed by atoms with Gasteiger partial charge < -0.3 is 11.1 Å². The van der Waals surface area contributed by atoms with Crippen molar-refractivity contribution in [1.29, 1.82) is 0 Å². The molecule has 0 fully saturated rings. The maximum Gasteiger partial charge on any atom is 0.252 e. The van der Waals surface area contributed by atoms with Gasteiger partial charge in [0.1, 0.15) is 0 Å². The molecule has 0 radical (unpaired) electrons. The molecule has 0 aliphatic heterocycles. The lowest BCUT2D eigenvalue weighted by molar-refractivity contribution is 0.0952. The molecular weight excluding hydrogens is 328 g/mol. The molecule has 21 heavy (non-hydrogen) atoms. The van der Waals surface area contributed by atoms with Crippen LogP contribution in [0.15, 0.2) is 22.7 Å². The number of unbranched alkanes of at least 4 members (excludes halogenated alkanes) is 7. The van der Waals surface area contributed by atoms with Crippen LogP contribution in [-0.2, 0) is 0 Å². The summed E-state index contributed by atoms with van der Waals surface area (Å²) in [5.74, 6) is -0.0582. The molecule has 0 aromatic heterocycles. The maximum atomic E-state index is 12.0. The third kappa shape index (κ3) is 6.98. The zero-order valence-electron chi connectivity index (χ0n) is 13.0. The van der Waals surface area contributed by atoms with E-state index in [0.29, 0.717) is 15.7 Å². The van der Waals surface area contributed by atoms with Crippen molar-refractivity contribution in [2.45, 2.75) is 58.3 Å². The molecule has 0 heterocycles. The van der Waals surface area contributed by atoms with Gasteiger partial charge >= 0.3 is 0 Å². The van der Waals surface area contributed by atoms with Crippen LogP contribution in [0.5, 0.6) is 0 Å². The largest absolute Gasteiger partial charge is 0.398 e. The van der Waals surface area contributed by atoms with Gasteiger partial charge in [-0.2, -0.15) is 0 Å². The third-order valence-electron chi connectivity index (χ3n) is 3.59. The Kier molecular flexibility index (Phi) is 9.15. The summed E-state index contributed by atoms with van der Waals surface area (Å²) in [7, 11) is 0. The van der Waals surface area contributed by atoms with Gasteiger partial charge in [0.2, 0.25) is 0 Å². The van der Waals surface area contributed by atoms with Crippen LogP contribution < -0.4 is 11.1 Å². The molecule has 0 unspecified atom stereocenters. The van der Waals surface area contributed by atoms with Crippen molar-refractivity contribution in [2.24, 2.45) is 0 Å². The van der Waals surface area contributed by atoms with Gasteiger partial charge in [-0.15, -0.1) is 0 Å². The van der Waals surface area contributed by atoms with Gasteiger partial charge in [0.25, 0.3) is 5.91 Å². The van der Waals surface area contributed by atoms with Gasteiger partial charge in [-0.3, -0.25) is 4.79 Å². The van der Waals surface area contributed by atoms with Gasteiger partial charge in [0.15, 0.2) is 0 Å². The van der Waals surface area contributed by atoms with E-state index in [9.17, 15) is 4.79 Å². The minimum absolute atomic E-state index is 0.0582. The van der Waals surface area contributed by atoms with Crippen molar-refractivity contribution in [2.75, 3.05) is 12.3 Å². The van der Waals surface area contributed by atoms with Gasteiger partial charge in [0.05, 0.1) is 10.0 Å². The highest BCUT2D eigenvalue weighted by molar-refractivity contribution is 9.10. The third-order valence-corrected chi connectivity index (χ3v) is 4.47. The summed E-state index contributed by atoms with van der Waals surface area (Å²) in [6, 6.07) is 5.36. The Morgan fingerprint density at radius 1 is 1.10 bits per heavy atom. The number of nitrogen functional groups attached to an aromatic ring is 1. The minimum atomic E-state index is -0.0582. The zero-order valence-corrected chi connectivity index (χ0v) is 14.5. The number of benzene rings is 1. The zero-order chi connectivity index (χ0) is 15.5. The molecule has 3 N–H and O–H groups in total. The minimum Gasteiger partial charge on any atom is -0.398 e. The van der Waals surface area contributed by atoms with Crippen molar-refractivity contribution >= 4 is 27.5 Å². The van der Waals surface area contributed by atoms with Crippen molar-refractivity contribution in [3.8, 4) is 0 Å². The van der Waals surface area contributed by atoms with Crippen molar-refractivity contribution in [3.05, 3.63) is 28.2 Å². The fourth-order valence-electron chi connectivity index (χ4n) is 2.28. The van der Waals surface area contributed by atoms with E-state index in [1.165, 1.54) is 44.9 Å². The number of hydrogen-bond donors (Lipinski definition) is 2. The Morgan fingerprint density at radius 2 is 1.71 bits per heavy atom. The number of carbonyl (C=O) groups excluding carboxylic acids is 1. The Bertz CT molecular complexity index is 435. The van der Waals surface area contributed by atoms with Gasteiger partial charge in [0, 0.05) is 12.2 Å². The molecular formula is C17H27BrN2O. The summed E-state index contributed by atoms with van der Waals surface area (Å²) < 4.78 is 0.679. The standard InChI is InChI=1S/C17H27BrN2O/c1-2-3-4-5-6-7-8-9-13-20-17(21)14-11-10-12-15(19)16(14)18/h10-12H,2-9,13,19H2,1H3,(H,20,21). The van der Waals surface area contributed by atoms with Crippen LogP contribution in [0.1, 0.15) is 68.6 Å². The number of nitrogens with one attached hydrogen (secondary N) is 1. The SMILES string of the molecule is CCCCCCCCCCNC(=O)c1cccc(N)c1Br. The van der Waals surface area contributed by atoms with Gasteiger partial charge in [-0.1, -0.05) is 57.9 Å². The number of halogens is 1. The van der Waals surface area contributed by atoms with E-state index in [1.54, 1.807) is 18.2 Å².